The fraction of sp³-hybridized carbons (Fsp3) is 0.469. The van der Waals surface area contributed by atoms with Crippen molar-refractivity contribution in [3.05, 3.63) is 77.4 Å². The first kappa shape index (κ1) is 28.7. The second-order valence-corrected chi connectivity index (χ2v) is 11.1. The van der Waals surface area contributed by atoms with E-state index in [1.165, 1.54) is 0 Å². The number of aromatic nitrogens is 2. The summed E-state index contributed by atoms with van der Waals surface area (Å²) < 4.78 is 13.9. The number of likely N-dealkylation sites (N-methyl/N-ethyl adjacent to an activating group) is 1. The average molecular weight is 560 g/mol. The Bertz CT molecular complexity index is 1350. The molecule has 0 radical (unpaired) electrons. The Balaban J connectivity index is 1.37. The van der Waals surface area contributed by atoms with E-state index in [0.29, 0.717) is 51.2 Å². The van der Waals surface area contributed by atoms with Crippen molar-refractivity contribution in [1.29, 1.82) is 0 Å². The number of morpholine rings is 1. The third-order valence-corrected chi connectivity index (χ3v) is 7.84. The van der Waals surface area contributed by atoms with E-state index in [2.05, 4.69) is 41.9 Å². The molecular formula is C32H41N5O4. The molecule has 1 aromatic heterocycles. The van der Waals surface area contributed by atoms with Crippen LogP contribution in [0.15, 0.2) is 54.9 Å². The van der Waals surface area contributed by atoms with E-state index in [9.17, 15) is 9.59 Å². The van der Waals surface area contributed by atoms with Gasteiger partial charge in [0.25, 0.3) is 5.91 Å². The molecule has 5 rings (SSSR count). The van der Waals surface area contributed by atoms with Gasteiger partial charge in [0.2, 0.25) is 5.91 Å². The Kier molecular flexibility index (Phi) is 9.24. The van der Waals surface area contributed by atoms with Gasteiger partial charge < -0.3 is 28.7 Å². The van der Waals surface area contributed by atoms with Gasteiger partial charge in [-0.2, -0.15) is 0 Å². The van der Waals surface area contributed by atoms with Gasteiger partial charge in [-0.1, -0.05) is 26.0 Å². The number of aryl methyl sites for hydroxylation is 1. The molecule has 218 valence electrons. The maximum atomic E-state index is 13.4. The topological polar surface area (TPSA) is 80.1 Å². The van der Waals surface area contributed by atoms with Gasteiger partial charge in [0.15, 0.2) is 0 Å². The zero-order valence-electron chi connectivity index (χ0n) is 24.4. The Morgan fingerprint density at radius 1 is 1.00 bits per heavy atom. The quantitative estimate of drug-likeness (QED) is 0.473. The van der Waals surface area contributed by atoms with E-state index in [1.807, 2.05) is 39.9 Å². The van der Waals surface area contributed by atoms with Crippen molar-refractivity contribution in [2.75, 3.05) is 64.5 Å². The number of amides is 2. The number of hydrogen-bond acceptors (Lipinski definition) is 6. The second-order valence-electron chi connectivity index (χ2n) is 11.1. The number of benzene rings is 2. The third kappa shape index (κ3) is 7.08. The Morgan fingerprint density at radius 2 is 1.83 bits per heavy atom. The first-order valence-corrected chi connectivity index (χ1v) is 14.6. The molecule has 3 aromatic rings. The summed E-state index contributed by atoms with van der Waals surface area (Å²) in [4.78, 5) is 37.0. The minimum absolute atomic E-state index is 0.0369. The molecule has 2 amide bonds. The molecule has 2 bridgehead atoms. The number of imidazole rings is 1. The van der Waals surface area contributed by atoms with E-state index in [4.69, 9.17) is 9.47 Å². The molecule has 0 unspecified atom stereocenters. The summed E-state index contributed by atoms with van der Waals surface area (Å²) >= 11 is 0. The minimum atomic E-state index is -0.0464. The Hall–Kier alpha value is -3.85. The lowest BCUT2D eigenvalue weighted by Crippen LogP contribution is -2.41. The van der Waals surface area contributed by atoms with Crippen molar-refractivity contribution < 1.29 is 19.1 Å². The highest BCUT2D eigenvalue weighted by Gasteiger charge is 2.20. The summed E-state index contributed by atoms with van der Waals surface area (Å²) in [6.07, 6.45) is 4.71. The molecule has 1 fully saturated rings. The molecule has 41 heavy (non-hydrogen) atoms. The van der Waals surface area contributed by atoms with E-state index >= 15 is 0 Å². The van der Waals surface area contributed by atoms with E-state index < -0.39 is 0 Å². The van der Waals surface area contributed by atoms with Crippen molar-refractivity contribution >= 4 is 17.5 Å². The van der Waals surface area contributed by atoms with Crippen LogP contribution in [-0.2, 0) is 22.5 Å². The molecular weight excluding hydrogens is 518 g/mol. The monoisotopic (exact) mass is 559 g/mol. The Labute approximate surface area is 242 Å². The van der Waals surface area contributed by atoms with E-state index in [1.54, 1.807) is 18.1 Å². The largest absolute Gasteiger partial charge is 0.491 e. The van der Waals surface area contributed by atoms with Crippen LogP contribution in [0.5, 0.6) is 5.75 Å². The summed E-state index contributed by atoms with van der Waals surface area (Å²) in [6, 6.07) is 14.1. The van der Waals surface area contributed by atoms with E-state index in [-0.39, 0.29) is 17.7 Å². The minimum Gasteiger partial charge on any atom is -0.491 e. The van der Waals surface area contributed by atoms with Crippen LogP contribution in [0, 0.1) is 0 Å². The number of carbonyl (C=O) groups excluding carboxylic acids is 2. The van der Waals surface area contributed by atoms with E-state index in [0.717, 1.165) is 54.7 Å². The smallest absolute Gasteiger partial charge is 0.253 e. The lowest BCUT2D eigenvalue weighted by Gasteiger charge is -2.30. The maximum Gasteiger partial charge on any atom is 0.253 e. The van der Waals surface area contributed by atoms with Crippen molar-refractivity contribution in [3.63, 3.8) is 0 Å². The number of ether oxygens (including phenoxy) is 2. The molecule has 0 atom stereocenters. The SMILES string of the molecule is CC(C)c1nccn1CCC(=O)N1CCOc2ccc(N3CCOCC3)cc2Cc2cccc(c2)C(=O)N(C)CC1. The first-order valence-electron chi connectivity index (χ1n) is 14.6. The van der Waals surface area contributed by atoms with Gasteiger partial charge >= 0.3 is 0 Å². The zero-order chi connectivity index (χ0) is 28.8. The van der Waals surface area contributed by atoms with Gasteiger partial charge in [0.1, 0.15) is 18.2 Å². The van der Waals surface area contributed by atoms with Gasteiger partial charge in [-0.3, -0.25) is 9.59 Å². The summed E-state index contributed by atoms with van der Waals surface area (Å²) in [6.45, 7) is 9.60. The Morgan fingerprint density at radius 3 is 2.63 bits per heavy atom. The molecule has 0 spiro atoms. The summed E-state index contributed by atoms with van der Waals surface area (Å²) in [5.41, 5.74) is 3.90. The van der Waals surface area contributed by atoms with Crippen LogP contribution >= 0.6 is 0 Å². The normalized spacial score (nSPS) is 16.8. The number of hydrogen-bond donors (Lipinski definition) is 0. The fourth-order valence-electron chi connectivity index (χ4n) is 5.50. The maximum absolute atomic E-state index is 13.4. The van der Waals surface area contributed by atoms with Crippen LogP contribution in [0.4, 0.5) is 5.69 Å². The predicted octanol–water partition coefficient (Wildman–Crippen LogP) is 3.82. The van der Waals surface area contributed by atoms with Crippen molar-refractivity contribution in [3.8, 4) is 5.75 Å². The van der Waals surface area contributed by atoms with Gasteiger partial charge in [0.05, 0.1) is 19.8 Å². The molecule has 2 aromatic carbocycles. The van der Waals surface area contributed by atoms with Gasteiger partial charge in [-0.25, -0.2) is 4.98 Å². The van der Waals surface area contributed by atoms with Gasteiger partial charge in [-0.05, 0) is 35.9 Å². The van der Waals surface area contributed by atoms with Crippen molar-refractivity contribution in [2.45, 2.75) is 39.2 Å². The average Bonchev–Trinajstić information content (AvgIpc) is 3.47. The number of nitrogens with zero attached hydrogens (tertiary/aromatic N) is 5. The van der Waals surface area contributed by atoms with Crippen LogP contribution in [0.3, 0.4) is 0 Å². The van der Waals surface area contributed by atoms with Crippen LogP contribution in [0.1, 0.15) is 53.5 Å². The molecule has 9 heteroatoms. The van der Waals surface area contributed by atoms with Crippen LogP contribution < -0.4 is 9.64 Å². The number of anilines is 1. The molecule has 0 saturated carbocycles. The fourth-order valence-corrected chi connectivity index (χ4v) is 5.50. The van der Waals surface area contributed by atoms with Gasteiger partial charge in [0, 0.05) is 87.7 Å². The van der Waals surface area contributed by atoms with Crippen molar-refractivity contribution in [1.82, 2.24) is 19.4 Å². The predicted molar refractivity (Wildman–Crippen MR) is 159 cm³/mol. The van der Waals surface area contributed by atoms with Crippen molar-refractivity contribution in [2.24, 2.45) is 0 Å². The van der Waals surface area contributed by atoms with Crippen LogP contribution in [0.2, 0.25) is 0 Å². The number of carbonyl (C=O) groups is 2. The molecule has 0 aliphatic carbocycles. The highest BCUT2D eigenvalue weighted by atomic mass is 16.5. The number of rotatable bonds is 5. The first-order chi connectivity index (χ1) is 19.9. The third-order valence-electron chi connectivity index (χ3n) is 7.84. The lowest BCUT2D eigenvalue weighted by molar-refractivity contribution is -0.132. The molecule has 9 nitrogen and oxygen atoms in total. The molecule has 2 aliphatic rings. The van der Waals surface area contributed by atoms with Crippen LogP contribution in [-0.4, -0.2) is 90.8 Å². The van der Waals surface area contributed by atoms with Crippen LogP contribution in [0.25, 0.3) is 0 Å². The lowest BCUT2D eigenvalue weighted by atomic mass is 10.0. The molecule has 3 heterocycles. The summed E-state index contributed by atoms with van der Waals surface area (Å²) in [5.74, 6) is 2.05. The molecule has 0 N–H and O–H groups in total. The highest BCUT2D eigenvalue weighted by Crippen LogP contribution is 2.29. The zero-order valence-corrected chi connectivity index (χ0v) is 24.4. The molecule has 2 aliphatic heterocycles. The number of fused-ring (bicyclic) bond motifs is 3. The summed E-state index contributed by atoms with van der Waals surface area (Å²) in [5, 5.41) is 0. The molecule has 1 saturated heterocycles. The standard InChI is InChI=1S/C32H41N5O4/c1-24(2)31-33-10-12-37(31)11-9-30(38)36-14-13-34(3)32(39)26-6-4-5-25(21-26)22-27-23-28(35-15-18-40-19-16-35)7-8-29(27)41-20-17-36/h4-8,10,12,21,23-24H,9,11,13-20,22H2,1-3H3. The second kappa shape index (κ2) is 13.2. The highest BCUT2D eigenvalue weighted by molar-refractivity contribution is 5.94. The van der Waals surface area contributed by atoms with Gasteiger partial charge in [-0.15, -0.1) is 0 Å². The summed E-state index contributed by atoms with van der Waals surface area (Å²) in [7, 11) is 1.80.